The van der Waals surface area contributed by atoms with Crippen molar-refractivity contribution in [3.05, 3.63) is 120 Å². The van der Waals surface area contributed by atoms with Gasteiger partial charge in [0.1, 0.15) is 10.3 Å². The third-order valence-corrected chi connectivity index (χ3v) is 8.31. The van der Waals surface area contributed by atoms with E-state index in [9.17, 15) is 9.59 Å². The fraction of sp³-hybridized carbons (Fsp3) is 0.167. The molecule has 0 saturated heterocycles. The number of hydrogen-bond donors (Lipinski definition) is 1. The Morgan fingerprint density at radius 2 is 1.73 bits per heavy atom. The minimum absolute atomic E-state index is 0.185. The summed E-state index contributed by atoms with van der Waals surface area (Å²) in [4.78, 5) is 32.8. The van der Waals surface area contributed by atoms with Crippen LogP contribution in [0.5, 0.6) is 5.75 Å². The number of hydrogen-bond acceptors (Lipinski definition) is 5. The van der Waals surface area contributed by atoms with Crippen molar-refractivity contribution < 1.29 is 9.53 Å². The molecule has 7 rings (SSSR count). The zero-order valence-corrected chi connectivity index (χ0v) is 21.0. The second-order valence-electron chi connectivity index (χ2n) is 9.31. The highest BCUT2D eigenvalue weighted by atomic mass is 32.1. The Labute approximate surface area is 216 Å². The van der Waals surface area contributed by atoms with Crippen molar-refractivity contribution in [2.45, 2.75) is 25.8 Å². The number of rotatable bonds is 3. The Bertz CT molecular complexity index is 1810. The molecular formula is C30H23N3O3S. The number of fused-ring (bicyclic) bond motifs is 4. The molecule has 0 fully saturated rings. The predicted molar refractivity (Wildman–Crippen MR) is 144 cm³/mol. The van der Waals surface area contributed by atoms with E-state index in [1.807, 2.05) is 61.5 Å². The maximum atomic E-state index is 14.1. The van der Waals surface area contributed by atoms with Crippen molar-refractivity contribution in [1.82, 2.24) is 4.57 Å². The van der Waals surface area contributed by atoms with Crippen LogP contribution in [0, 0.1) is 0 Å². The maximum Gasteiger partial charge on any atom is 0.271 e. The molecule has 3 heterocycles. The fourth-order valence-electron chi connectivity index (χ4n) is 5.63. The summed E-state index contributed by atoms with van der Waals surface area (Å²) in [6.07, 6.45) is 1.71. The van der Waals surface area contributed by atoms with Gasteiger partial charge in [0.25, 0.3) is 11.5 Å². The van der Waals surface area contributed by atoms with Gasteiger partial charge in [-0.25, -0.2) is 4.99 Å². The van der Waals surface area contributed by atoms with Crippen molar-refractivity contribution >= 4 is 34.2 Å². The Hall–Kier alpha value is -4.23. The Morgan fingerprint density at radius 1 is 0.973 bits per heavy atom. The normalized spacial score (nSPS) is 18.8. The zero-order valence-electron chi connectivity index (χ0n) is 20.2. The molecule has 37 heavy (non-hydrogen) atoms. The number of ether oxygens (including phenoxy) is 1. The zero-order chi connectivity index (χ0) is 25.1. The number of aromatic nitrogens is 1. The quantitative estimate of drug-likeness (QED) is 0.457. The highest BCUT2D eigenvalue weighted by Crippen LogP contribution is 2.41. The molecule has 0 saturated carbocycles. The Morgan fingerprint density at radius 3 is 2.54 bits per heavy atom. The number of aryl methyl sites for hydroxylation is 1. The lowest BCUT2D eigenvalue weighted by Gasteiger charge is -2.30. The molecule has 2 aliphatic heterocycles. The van der Waals surface area contributed by atoms with Gasteiger partial charge < -0.3 is 10.1 Å². The average Bonchev–Trinajstić information content (AvgIpc) is 3.43. The molecule has 0 spiro atoms. The van der Waals surface area contributed by atoms with Gasteiger partial charge in [0.15, 0.2) is 4.80 Å². The molecule has 1 N–H and O–H groups in total. The van der Waals surface area contributed by atoms with Crippen LogP contribution in [0.2, 0.25) is 0 Å². The Kier molecular flexibility index (Phi) is 5.01. The predicted octanol–water partition coefficient (Wildman–Crippen LogP) is 4.04. The van der Waals surface area contributed by atoms with Crippen molar-refractivity contribution in [3.63, 3.8) is 0 Å². The lowest BCUT2D eigenvalue weighted by Crippen LogP contribution is -2.39. The van der Waals surface area contributed by atoms with Crippen molar-refractivity contribution in [3.8, 4) is 5.75 Å². The minimum Gasteiger partial charge on any atom is -0.494 e. The lowest BCUT2D eigenvalue weighted by molar-refractivity contribution is -0.110. The fourth-order valence-corrected chi connectivity index (χ4v) is 6.72. The third-order valence-electron chi connectivity index (χ3n) is 7.25. The van der Waals surface area contributed by atoms with Gasteiger partial charge in [0.05, 0.1) is 23.9 Å². The maximum absolute atomic E-state index is 14.1. The summed E-state index contributed by atoms with van der Waals surface area (Å²) in [6.45, 7) is 2.55. The summed E-state index contributed by atoms with van der Waals surface area (Å²) in [5.74, 6) is 0.543. The van der Waals surface area contributed by atoms with E-state index in [1.165, 1.54) is 16.9 Å². The summed E-state index contributed by atoms with van der Waals surface area (Å²) in [7, 11) is 0. The number of allylic oxidation sites excluding steroid dienone is 1. The van der Waals surface area contributed by atoms with E-state index in [-0.39, 0.29) is 17.5 Å². The van der Waals surface area contributed by atoms with Gasteiger partial charge in [-0.1, -0.05) is 65.9 Å². The van der Waals surface area contributed by atoms with E-state index in [2.05, 4.69) is 23.5 Å². The summed E-state index contributed by atoms with van der Waals surface area (Å²) >= 11 is 1.29. The summed E-state index contributed by atoms with van der Waals surface area (Å²) < 4.78 is 7.87. The highest BCUT2D eigenvalue weighted by molar-refractivity contribution is 7.07. The molecule has 0 radical (unpaired) electrons. The monoisotopic (exact) mass is 505 g/mol. The third kappa shape index (κ3) is 3.34. The molecule has 7 heteroatoms. The van der Waals surface area contributed by atoms with Crippen LogP contribution in [0.3, 0.4) is 0 Å². The first-order chi connectivity index (χ1) is 18.1. The molecule has 0 bridgehead atoms. The van der Waals surface area contributed by atoms with Crippen LogP contribution in [-0.2, 0) is 11.2 Å². The highest BCUT2D eigenvalue weighted by Gasteiger charge is 2.34. The summed E-state index contributed by atoms with van der Waals surface area (Å²) in [5.41, 5.74) is 7.17. The molecule has 3 aliphatic rings. The van der Waals surface area contributed by atoms with Crippen LogP contribution in [0.25, 0.3) is 11.3 Å². The van der Waals surface area contributed by atoms with Gasteiger partial charge in [-0.15, -0.1) is 0 Å². The molecule has 6 nitrogen and oxygen atoms in total. The summed E-state index contributed by atoms with van der Waals surface area (Å²) in [5, 5.41) is 2.91. The van der Waals surface area contributed by atoms with Gasteiger partial charge in [0.2, 0.25) is 0 Å². The number of carbonyl (C=O) groups is 1. The molecule has 1 unspecified atom stereocenters. The molecule has 1 aromatic heterocycles. The van der Waals surface area contributed by atoms with E-state index >= 15 is 0 Å². The van der Waals surface area contributed by atoms with Crippen molar-refractivity contribution in [1.29, 1.82) is 0 Å². The second kappa shape index (κ2) is 8.42. The van der Waals surface area contributed by atoms with Crippen LogP contribution >= 0.6 is 11.3 Å². The standard InChI is InChI=1S/C30H23N3O3S/c1-2-36-19-14-11-18(12-15-19)26-22-16-13-17-7-3-4-8-20(17)25(22)32-30-33(26)29(35)27(37-30)24-21-9-5-6-10-23(21)31-28(24)34/h3-12,14-15,26H,2,13,16H2,1H3,(H,31,34). The van der Waals surface area contributed by atoms with E-state index in [4.69, 9.17) is 9.73 Å². The Balaban J connectivity index is 1.52. The number of nitrogens with zero attached hydrogens (tertiary/aromatic N) is 2. The second-order valence-corrected chi connectivity index (χ2v) is 10.3. The van der Waals surface area contributed by atoms with Gasteiger partial charge >= 0.3 is 0 Å². The van der Waals surface area contributed by atoms with E-state index in [0.29, 0.717) is 21.5 Å². The molecule has 1 amide bonds. The number of amides is 1. The van der Waals surface area contributed by atoms with Crippen molar-refractivity contribution in [2.75, 3.05) is 11.9 Å². The number of thiazole rings is 1. The number of carbonyl (C=O) groups excluding carboxylic acids is 1. The first-order valence-corrected chi connectivity index (χ1v) is 13.2. The topological polar surface area (TPSA) is 72.7 Å². The van der Waals surface area contributed by atoms with E-state index in [0.717, 1.165) is 52.2 Å². The molecule has 3 aromatic carbocycles. The van der Waals surface area contributed by atoms with Crippen molar-refractivity contribution in [2.24, 2.45) is 4.99 Å². The van der Waals surface area contributed by atoms with Gasteiger partial charge in [-0.3, -0.25) is 14.2 Å². The van der Waals surface area contributed by atoms with Crippen LogP contribution in [0.1, 0.15) is 41.6 Å². The largest absolute Gasteiger partial charge is 0.494 e. The first kappa shape index (κ1) is 22.0. The number of anilines is 1. The molecule has 182 valence electrons. The van der Waals surface area contributed by atoms with Crippen LogP contribution < -0.4 is 24.9 Å². The molecular weight excluding hydrogens is 482 g/mol. The molecule has 4 aromatic rings. The SMILES string of the molecule is CCOc1ccc(C2C3=C(N=c4sc(=C5C(=O)Nc6ccccc65)c(=O)n42)c2ccccc2CC3)cc1. The van der Waals surface area contributed by atoms with E-state index < -0.39 is 0 Å². The molecule has 1 aliphatic carbocycles. The van der Waals surface area contributed by atoms with Gasteiger partial charge in [-0.05, 0) is 54.7 Å². The van der Waals surface area contributed by atoms with Crippen LogP contribution in [0.4, 0.5) is 5.69 Å². The van der Waals surface area contributed by atoms with Crippen LogP contribution in [-0.4, -0.2) is 17.1 Å². The summed E-state index contributed by atoms with van der Waals surface area (Å²) in [6, 6.07) is 23.5. The van der Waals surface area contributed by atoms with Gasteiger partial charge in [-0.2, -0.15) is 0 Å². The smallest absolute Gasteiger partial charge is 0.271 e. The average molecular weight is 506 g/mol. The van der Waals surface area contributed by atoms with Gasteiger partial charge in [0, 0.05) is 16.8 Å². The van der Waals surface area contributed by atoms with Crippen LogP contribution in [0.15, 0.2) is 88.2 Å². The first-order valence-electron chi connectivity index (χ1n) is 12.4. The molecule has 1 atom stereocenters. The van der Waals surface area contributed by atoms with E-state index in [1.54, 1.807) is 4.57 Å². The number of benzene rings is 3. The number of para-hydroxylation sites is 1. The number of nitrogens with one attached hydrogen (secondary N) is 1. The lowest BCUT2D eigenvalue weighted by atomic mass is 9.83. The minimum atomic E-state index is -0.302.